The topological polar surface area (TPSA) is 70.6 Å². The molecule has 0 bridgehead atoms. The highest BCUT2D eigenvalue weighted by Gasteiger charge is 2.08. The average Bonchev–Trinajstić information content (AvgIpc) is 2.71. The number of carbonyl (C=O) groups is 2. The molecule has 2 aromatic rings. The van der Waals surface area contributed by atoms with Crippen LogP contribution >= 0.6 is 0 Å². The van der Waals surface area contributed by atoms with Gasteiger partial charge in [0.05, 0.1) is 5.71 Å². The lowest BCUT2D eigenvalue weighted by atomic mass is 10.0. The number of hydrogen-bond donors (Lipinski definition) is 2. The van der Waals surface area contributed by atoms with Crippen molar-refractivity contribution in [3.05, 3.63) is 65.7 Å². The molecule has 0 aliphatic rings. The molecule has 0 heterocycles. The molecule has 0 radical (unpaired) electrons. The van der Waals surface area contributed by atoms with E-state index in [1.54, 1.807) is 24.3 Å². The minimum atomic E-state index is -0.268. The summed E-state index contributed by atoms with van der Waals surface area (Å²) in [5, 5.41) is 7.20. The van der Waals surface area contributed by atoms with Gasteiger partial charge in [-0.3, -0.25) is 9.59 Å². The zero-order valence-electron chi connectivity index (χ0n) is 16.7. The average molecular weight is 380 g/mol. The maximum atomic E-state index is 12.4. The van der Waals surface area contributed by atoms with Crippen molar-refractivity contribution in [1.29, 1.82) is 0 Å². The van der Waals surface area contributed by atoms with Crippen molar-refractivity contribution in [2.24, 2.45) is 5.10 Å². The van der Waals surface area contributed by atoms with Crippen molar-refractivity contribution in [1.82, 2.24) is 5.43 Å². The number of hydrogen-bond acceptors (Lipinski definition) is 3. The number of rotatable bonds is 10. The third-order valence-corrected chi connectivity index (χ3v) is 4.32. The van der Waals surface area contributed by atoms with Gasteiger partial charge in [-0.15, -0.1) is 0 Å². The van der Waals surface area contributed by atoms with Gasteiger partial charge in [0.2, 0.25) is 5.91 Å². The standard InChI is InChI=1S/C23H29N3O2/c1-3-5-7-13-21(18-11-8-6-9-12-18)25-26-23(28)19-14-16-20(17-15-19)24-22(27)10-4-2/h6,8-9,11-12,14-17H,3-5,7,10,13H2,1-2H3,(H,24,27)(H,26,28). The summed E-state index contributed by atoms with van der Waals surface area (Å²) in [5.41, 5.74) is 5.75. The first kappa shape index (κ1) is 21.4. The van der Waals surface area contributed by atoms with Crippen molar-refractivity contribution >= 4 is 23.2 Å². The van der Waals surface area contributed by atoms with Crippen LogP contribution in [0.4, 0.5) is 5.69 Å². The molecule has 0 aliphatic carbocycles. The Morgan fingerprint density at radius 1 is 0.821 bits per heavy atom. The van der Waals surface area contributed by atoms with Crippen molar-refractivity contribution in [3.63, 3.8) is 0 Å². The fourth-order valence-corrected chi connectivity index (χ4v) is 2.78. The molecule has 0 saturated carbocycles. The Hall–Kier alpha value is -2.95. The molecule has 0 saturated heterocycles. The zero-order valence-corrected chi connectivity index (χ0v) is 16.7. The second kappa shape index (κ2) is 11.7. The number of anilines is 1. The van der Waals surface area contributed by atoms with Crippen molar-refractivity contribution in [3.8, 4) is 0 Å². The first-order chi connectivity index (χ1) is 13.6. The van der Waals surface area contributed by atoms with Crippen molar-refractivity contribution < 1.29 is 9.59 Å². The molecule has 2 rings (SSSR count). The smallest absolute Gasteiger partial charge is 0.271 e. The largest absolute Gasteiger partial charge is 0.326 e. The Kier molecular flexibility index (Phi) is 8.92. The zero-order chi connectivity index (χ0) is 20.2. The molecular formula is C23H29N3O2. The quantitative estimate of drug-likeness (QED) is 0.341. The summed E-state index contributed by atoms with van der Waals surface area (Å²) in [6.07, 6.45) is 5.40. The number of carbonyl (C=O) groups excluding carboxylic acids is 2. The van der Waals surface area contributed by atoms with E-state index in [9.17, 15) is 9.59 Å². The minimum Gasteiger partial charge on any atom is -0.326 e. The minimum absolute atomic E-state index is 0.0242. The van der Waals surface area contributed by atoms with Crippen molar-refractivity contribution in [2.75, 3.05) is 5.32 Å². The van der Waals surface area contributed by atoms with Crippen LogP contribution in [0.2, 0.25) is 0 Å². The van der Waals surface area contributed by atoms with Crippen LogP contribution in [0.1, 0.15) is 68.3 Å². The summed E-state index contributed by atoms with van der Waals surface area (Å²) in [4.78, 5) is 24.1. The van der Waals surface area contributed by atoms with E-state index in [0.29, 0.717) is 17.7 Å². The van der Waals surface area contributed by atoms with Crippen LogP contribution in [0.15, 0.2) is 59.7 Å². The highest BCUT2D eigenvalue weighted by Crippen LogP contribution is 2.12. The molecule has 0 aliphatic heterocycles. The summed E-state index contributed by atoms with van der Waals surface area (Å²) in [5.74, 6) is -0.292. The maximum absolute atomic E-state index is 12.4. The highest BCUT2D eigenvalue weighted by molar-refractivity contribution is 6.02. The van der Waals surface area contributed by atoms with Gasteiger partial charge in [0.15, 0.2) is 0 Å². The summed E-state index contributed by atoms with van der Waals surface area (Å²) >= 11 is 0. The van der Waals surface area contributed by atoms with Gasteiger partial charge in [-0.25, -0.2) is 5.43 Å². The number of hydrazone groups is 1. The number of nitrogens with zero attached hydrogens (tertiary/aromatic N) is 1. The predicted molar refractivity (Wildman–Crippen MR) is 115 cm³/mol. The molecule has 2 aromatic carbocycles. The Morgan fingerprint density at radius 3 is 2.18 bits per heavy atom. The Labute approximate surface area is 167 Å². The van der Waals surface area contributed by atoms with Crippen LogP contribution in [0, 0.1) is 0 Å². The molecule has 0 aromatic heterocycles. The van der Waals surface area contributed by atoms with E-state index in [1.807, 2.05) is 37.3 Å². The first-order valence-corrected chi connectivity index (χ1v) is 9.96. The van der Waals surface area contributed by atoms with E-state index in [0.717, 1.165) is 43.4 Å². The third-order valence-electron chi connectivity index (χ3n) is 4.32. The molecule has 0 atom stereocenters. The van der Waals surface area contributed by atoms with Gasteiger partial charge in [0, 0.05) is 17.7 Å². The monoisotopic (exact) mass is 379 g/mol. The van der Waals surface area contributed by atoms with E-state index in [-0.39, 0.29) is 11.8 Å². The van der Waals surface area contributed by atoms with E-state index in [2.05, 4.69) is 22.8 Å². The molecule has 0 unspecified atom stereocenters. The normalized spacial score (nSPS) is 11.1. The third kappa shape index (κ3) is 6.99. The van der Waals surface area contributed by atoms with Gasteiger partial charge in [-0.05, 0) is 49.1 Å². The lowest BCUT2D eigenvalue weighted by Gasteiger charge is -2.08. The van der Waals surface area contributed by atoms with Gasteiger partial charge >= 0.3 is 0 Å². The Morgan fingerprint density at radius 2 is 1.54 bits per heavy atom. The molecular weight excluding hydrogens is 350 g/mol. The summed E-state index contributed by atoms with van der Waals surface area (Å²) in [6, 6.07) is 16.7. The fourth-order valence-electron chi connectivity index (χ4n) is 2.78. The first-order valence-electron chi connectivity index (χ1n) is 9.96. The van der Waals surface area contributed by atoms with Gasteiger partial charge < -0.3 is 5.32 Å². The lowest BCUT2D eigenvalue weighted by Crippen LogP contribution is -2.20. The van der Waals surface area contributed by atoms with Crippen molar-refractivity contribution in [2.45, 2.75) is 52.4 Å². The molecule has 5 heteroatoms. The molecule has 5 nitrogen and oxygen atoms in total. The maximum Gasteiger partial charge on any atom is 0.271 e. The molecule has 0 spiro atoms. The van der Waals surface area contributed by atoms with E-state index in [4.69, 9.17) is 0 Å². The number of nitrogens with one attached hydrogen (secondary N) is 2. The summed E-state index contributed by atoms with van der Waals surface area (Å²) < 4.78 is 0. The summed E-state index contributed by atoms with van der Waals surface area (Å²) in [6.45, 7) is 4.12. The Balaban J connectivity index is 2.03. The molecule has 2 amide bonds. The van der Waals surface area contributed by atoms with Crippen LogP contribution in [-0.2, 0) is 4.79 Å². The van der Waals surface area contributed by atoms with Gasteiger partial charge in [0.1, 0.15) is 0 Å². The summed E-state index contributed by atoms with van der Waals surface area (Å²) in [7, 11) is 0. The van der Waals surface area contributed by atoms with Crippen LogP contribution in [0.3, 0.4) is 0 Å². The highest BCUT2D eigenvalue weighted by atomic mass is 16.2. The number of unbranched alkanes of at least 4 members (excludes halogenated alkanes) is 2. The van der Waals surface area contributed by atoms with Crippen LogP contribution in [0.25, 0.3) is 0 Å². The number of benzene rings is 2. The predicted octanol–water partition coefficient (Wildman–Crippen LogP) is 5.14. The van der Waals surface area contributed by atoms with E-state index >= 15 is 0 Å². The number of amides is 2. The van der Waals surface area contributed by atoms with Gasteiger partial charge in [-0.2, -0.15) is 5.10 Å². The van der Waals surface area contributed by atoms with Crippen LogP contribution in [0.5, 0.6) is 0 Å². The Bertz CT molecular complexity index is 783. The fraction of sp³-hybridized carbons (Fsp3) is 0.348. The van der Waals surface area contributed by atoms with Crippen LogP contribution in [-0.4, -0.2) is 17.5 Å². The molecule has 2 N–H and O–H groups in total. The van der Waals surface area contributed by atoms with E-state index < -0.39 is 0 Å². The van der Waals surface area contributed by atoms with Gasteiger partial charge in [0.25, 0.3) is 5.91 Å². The molecule has 0 fully saturated rings. The second-order valence-corrected chi connectivity index (χ2v) is 6.70. The van der Waals surface area contributed by atoms with E-state index in [1.165, 1.54) is 0 Å². The SMILES string of the molecule is CCCCCC(=NNC(=O)c1ccc(NC(=O)CCC)cc1)c1ccccc1. The van der Waals surface area contributed by atoms with Crippen LogP contribution < -0.4 is 10.7 Å². The molecule has 148 valence electrons. The van der Waals surface area contributed by atoms with Gasteiger partial charge in [-0.1, -0.05) is 57.0 Å². The lowest BCUT2D eigenvalue weighted by molar-refractivity contribution is -0.116. The molecule has 28 heavy (non-hydrogen) atoms. The second-order valence-electron chi connectivity index (χ2n) is 6.70.